The van der Waals surface area contributed by atoms with Crippen LogP contribution >= 0.6 is 0 Å². The van der Waals surface area contributed by atoms with Crippen molar-refractivity contribution in [1.29, 1.82) is 0 Å². The van der Waals surface area contributed by atoms with Crippen LogP contribution < -0.4 is 14.8 Å². The molecular weight excluding hydrogens is 334 g/mol. The van der Waals surface area contributed by atoms with Gasteiger partial charge >= 0.3 is 0 Å². The molecule has 4 rings (SSSR count). The van der Waals surface area contributed by atoms with Gasteiger partial charge in [0.2, 0.25) is 12.7 Å². The van der Waals surface area contributed by atoms with E-state index >= 15 is 0 Å². The van der Waals surface area contributed by atoms with Gasteiger partial charge in [-0.25, -0.2) is 0 Å². The predicted octanol–water partition coefficient (Wildman–Crippen LogP) is 1.09. The molecule has 0 bridgehead atoms. The van der Waals surface area contributed by atoms with Gasteiger partial charge in [-0.3, -0.25) is 9.59 Å². The van der Waals surface area contributed by atoms with E-state index in [-0.39, 0.29) is 24.6 Å². The maximum absolute atomic E-state index is 12.9. The molecule has 0 radical (unpaired) electrons. The number of piperidine rings is 2. The molecule has 26 heavy (non-hydrogen) atoms. The first-order valence-electron chi connectivity index (χ1n) is 9.30. The normalized spacial score (nSPS) is 24.6. The Bertz CT molecular complexity index is 708. The fourth-order valence-electron chi connectivity index (χ4n) is 4.27. The molecule has 0 spiro atoms. The average Bonchev–Trinajstić information content (AvgIpc) is 3.14. The summed E-state index contributed by atoms with van der Waals surface area (Å²) in [4.78, 5) is 29.2. The SMILES string of the molecule is CNCCN1C(=O)CCC2CN(C(=O)c3ccc4c(c3)OCO4)CCC21. The highest BCUT2D eigenvalue weighted by atomic mass is 16.7. The molecule has 0 saturated carbocycles. The fourth-order valence-corrected chi connectivity index (χ4v) is 4.27. The molecule has 140 valence electrons. The molecule has 2 amide bonds. The summed E-state index contributed by atoms with van der Waals surface area (Å²) in [5.74, 6) is 1.95. The van der Waals surface area contributed by atoms with Gasteiger partial charge in [-0.15, -0.1) is 0 Å². The monoisotopic (exact) mass is 359 g/mol. The Balaban J connectivity index is 1.44. The number of amides is 2. The molecule has 1 N–H and O–H groups in total. The number of ether oxygens (including phenoxy) is 2. The van der Waals surface area contributed by atoms with Gasteiger partial charge in [-0.1, -0.05) is 0 Å². The largest absolute Gasteiger partial charge is 0.454 e. The molecule has 3 aliphatic heterocycles. The Morgan fingerprint density at radius 1 is 1.27 bits per heavy atom. The van der Waals surface area contributed by atoms with E-state index < -0.39 is 0 Å². The summed E-state index contributed by atoms with van der Waals surface area (Å²) >= 11 is 0. The smallest absolute Gasteiger partial charge is 0.254 e. The van der Waals surface area contributed by atoms with Gasteiger partial charge in [0.1, 0.15) is 0 Å². The minimum atomic E-state index is 0.0282. The number of likely N-dealkylation sites (tertiary alicyclic amines) is 2. The van der Waals surface area contributed by atoms with Crippen LogP contribution in [0.25, 0.3) is 0 Å². The first-order chi connectivity index (χ1) is 12.7. The van der Waals surface area contributed by atoms with E-state index in [9.17, 15) is 9.59 Å². The lowest BCUT2D eigenvalue weighted by Gasteiger charge is -2.47. The van der Waals surface area contributed by atoms with E-state index in [4.69, 9.17) is 9.47 Å². The first-order valence-corrected chi connectivity index (χ1v) is 9.30. The van der Waals surface area contributed by atoms with E-state index in [1.165, 1.54) is 0 Å². The summed E-state index contributed by atoms with van der Waals surface area (Å²) in [5.41, 5.74) is 0.631. The Morgan fingerprint density at radius 2 is 2.12 bits per heavy atom. The fraction of sp³-hybridized carbons (Fsp3) is 0.579. The van der Waals surface area contributed by atoms with Crippen molar-refractivity contribution in [3.05, 3.63) is 23.8 Å². The highest BCUT2D eigenvalue weighted by Crippen LogP contribution is 2.34. The third kappa shape index (κ3) is 3.11. The van der Waals surface area contributed by atoms with Crippen LogP contribution in [0.4, 0.5) is 0 Å². The van der Waals surface area contributed by atoms with Crippen LogP contribution in [-0.4, -0.2) is 67.7 Å². The zero-order valence-corrected chi connectivity index (χ0v) is 15.1. The molecule has 2 saturated heterocycles. The van der Waals surface area contributed by atoms with Gasteiger partial charge in [0.05, 0.1) is 0 Å². The lowest BCUT2D eigenvalue weighted by Crippen LogP contribution is -2.57. The van der Waals surface area contributed by atoms with Crippen molar-refractivity contribution < 1.29 is 19.1 Å². The van der Waals surface area contributed by atoms with Gasteiger partial charge in [0, 0.05) is 44.2 Å². The Morgan fingerprint density at radius 3 is 2.96 bits per heavy atom. The minimum absolute atomic E-state index is 0.0282. The number of nitrogens with one attached hydrogen (secondary N) is 1. The number of hydrogen-bond donors (Lipinski definition) is 1. The average molecular weight is 359 g/mol. The molecule has 7 heteroatoms. The van der Waals surface area contributed by atoms with Gasteiger partial charge in [-0.05, 0) is 44.0 Å². The molecule has 2 unspecified atom stereocenters. The van der Waals surface area contributed by atoms with Crippen molar-refractivity contribution in [2.45, 2.75) is 25.3 Å². The molecular formula is C19H25N3O4. The zero-order valence-electron chi connectivity index (χ0n) is 15.1. The first kappa shape index (κ1) is 17.1. The molecule has 2 fully saturated rings. The summed E-state index contributed by atoms with van der Waals surface area (Å²) in [6.07, 6.45) is 2.29. The topological polar surface area (TPSA) is 71.1 Å². The number of carbonyl (C=O) groups is 2. The van der Waals surface area contributed by atoms with E-state index in [2.05, 4.69) is 5.32 Å². The van der Waals surface area contributed by atoms with Crippen molar-refractivity contribution >= 4 is 11.8 Å². The van der Waals surface area contributed by atoms with Crippen LogP contribution in [0.1, 0.15) is 29.6 Å². The second kappa shape index (κ2) is 7.15. The third-order valence-corrected chi connectivity index (χ3v) is 5.65. The van der Waals surface area contributed by atoms with Crippen LogP contribution in [0.3, 0.4) is 0 Å². The van der Waals surface area contributed by atoms with Crippen molar-refractivity contribution in [2.24, 2.45) is 5.92 Å². The van der Waals surface area contributed by atoms with Crippen molar-refractivity contribution in [3.63, 3.8) is 0 Å². The molecule has 2 atom stereocenters. The van der Waals surface area contributed by atoms with E-state index in [0.29, 0.717) is 42.5 Å². The maximum Gasteiger partial charge on any atom is 0.254 e. The number of rotatable bonds is 4. The van der Waals surface area contributed by atoms with E-state index in [1.54, 1.807) is 18.2 Å². The van der Waals surface area contributed by atoms with Gasteiger partial charge in [-0.2, -0.15) is 0 Å². The van der Waals surface area contributed by atoms with Crippen molar-refractivity contribution in [1.82, 2.24) is 15.1 Å². The summed E-state index contributed by atoms with van der Waals surface area (Å²) in [5, 5.41) is 3.12. The number of benzene rings is 1. The third-order valence-electron chi connectivity index (χ3n) is 5.65. The Labute approximate surface area is 153 Å². The molecule has 3 aliphatic rings. The number of fused-ring (bicyclic) bond motifs is 2. The van der Waals surface area contributed by atoms with Crippen LogP contribution in [0.5, 0.6) is 11.5 Å². The number of nitrogens with zero attached hydrogens (tertiary/aromatic N) is 2. The number of likely N-dealkylation sites (N-methyl/N-ethyl adjacent to an activating group) is 1. The van der Waals surface area contributed by atoms with Crippen molar-refractivity contribution in [3.8, 4) is 11.5 Å². The Hall–Kier alpha value is -2.28. The van der Waals surface area contributed by atoms with Crippen LogP contribution in [0, 0.1) is 5.92 Å². The van der Waals surface area contributed by atoms with Gasteiger partial charge < -0.3 is 24.6 Å². The Kier molecular flexibility index (Phi) is 4.72. The summed E-state index contributed by atoms with van der Waals surface area (Å²) in [6, 6.07) is 5.61. The minimum Gasteiger partial charge on any atom is -0.454 e. The van der Waals surface area contributed by atoms with Crippen LogP contribution in [0.15, 0.2) is 18.2 Å². The maximum atomic E-state index is 12.9. The molecule has 1 aromatic rings. The van der Waals surface area contributed by atoms with Crippen LogP contribution in [-0.2, 0) is 4.79 Å². The zero-order chi connectivity index (χ0) is 18.1. The molecule has 7 nitrogen and oxygen atoms in total. The second-order valence-electron chi connectivity index (χ2n) is 7.16. The highest BCUT2D eigenvalue weighted by molar-refractivity contribution is 5.95. The summed E-state index contributed by atoms with van der Waals surface area (Å²) < 4.78 is 10.7. The molecule has 1 aromatic carbocycles. The van der Waals surface area contributed by atoms with E-state index in [0.717, 1.165) is 25.9 Å². The molecule has 3 heterocycles. The molecule has 0 aromatic heterocycles. The lowest BCUT2D eigenvalue weighted by molar-refractivity contribution is -0.140. The predicted molar refractivity (Wildman–Crippen MR) is 95.2 cm³/mol. The number of carbonyl (C=O) groups excluding carboxylic acids is 2. The molecule has 0 aliphatic carbocycles. The van der Waals surface area contributed by atoms with Gasteiger partial charge in [0.25, 0.3) is 5.91 Å². The number of hydrogen-bond acceptors (Lipinski definition) is 5. The highest BCUT2D eigenvalue weighted by Gasteiger charge is 2.40. The van der Waals surface area contributed by atoms with E-state index in [1.807, 2.05) is 16.8 Å². The summed E-state index contributed by atoms with van der Waals surface area (Å²) in [7, 11) is 1.90. The summed E-state index contributed by atoms with van der Waals surface area (Å²) in [6.45, 7) is 3.14. The van der Waals surface area contributed by atoms with Crippen LogP contribution in [0.2, 0.25) is 0 Å². The van der Waals surface area contributed by atoms with Gasteiger partial charge in [0.15, 0.2) is 11.5 Å². The van der Waals surface area contributed by atoms with Crippen molar-refractivity contribution in [2.75, 3.05) is 40.0 Å². The lowest BCUT2D eigenvalue weighted by atomic mass is 9.83. The quantitative estimate of drug-likeness (QED) is 0.871. The standard InChI is InChI=1S/C19H25N3O4/c1-20-7-9-22-15-6-8-21(11-14(15)3-5-18(22)23)19(24)13-2-4-16-17(10-13)26-12-25-16/h2,4,10,14-15,20H,3,5-9,11-12H2,1H3. The second-order valence-corrected chi connectivity index (χ2v) is 7.16.